The van der Waals surface area contributed by atoms with Gasteiger partial charge in [0, 0.05) is 18.8 Å². The number of amides is 1. The second-order valence-electron chi connectivity index (χ2n) is 9.67. The average molecular weight is 516 g/mol. The summed E-state index contributed by atoms with van der Waals surface area (Å²) < 4.78 is 30.1. The van der Waals surface area contributed by atoms with Gasteiger partial charge in [-0.25, -0.2) is 14.4 Å². The second kappa shape index (κ2) is 10.1. The molecule has 198 valence electrons. The van der Waals surface area contributed by atoms with E-state index in [9.17, 15) is 19.2 Å². The number of esters is 1. The van der Waals surface area contributed by atoms with Crippen LogP contribution in [0.3, 0.4) is 0 Å². The second-order valence-corrected chi connectivity index (χ2v) is 9.67. The van der Waals surface area contributed by atoms with Crippen LogP contribution in [0.25, 0.3) is 0 Å². The Kier molecular flexibility index (Phi) is 6.88. The van der Waals surface area contributed by atoms with E-state index < -0.39 is 59.7 Å². The van der Waals surface area contributed by atoms with Gasteiger partial charge in [-0.15, -0.1) is 0 Å². The lowest BCUT2D eigenvalue weighted by atomic mass is 10.1. The van der Waals surface area contributed by atoms with E-state index in [2.05, 4.69) is 4.98 Å². The topological polar surface area (TPSA) is 138 Å². The predicted molar refractivity (Wildman–Crippen MR) is 126 cm³/mol. The number of hydrogen-bond acceptors (Lipinski definition) is 9. The summed E-state index contributed by atoms with van der Waals surface area (Å²) in [7, 11) is 0. The van der Waals surface area contributed by atoms with Crippen LogP contribution in [0.2, 0.25) is 0 Å². The van der Waals surface area contributed by atoms with Crippen molar-refractivity contribution in [2.45, 2.75) is 69.7 Å². The molecule has 4 heterocycles. The molecule has 3 aliphatic rings. The number of hydrogen-bond donors (Lipinski definition) is 1. The first-order valence-corrected chi connectivity index (χ1v) is 12.2. The number of nitrogens with zero attached hydrogens (tertiary/aromatic N) is 2. The summed E-state index contributed by atoms with van der Waals surface area (Å²) in [6, 6.07) is 9.72. The third kappa shape index (κ3) is 5.31. The summed E-state index contributed by atoms with van der Waals surface area (Å²) in [5.74, 6) is -1.52. The van der Waals surface area contributed by atoms with Crippen molar-refractivity contribution < 1.29 is 33.3 Å². The fourth-order valence-corrected chi connectivity index (χ4v) is 4.94. The minimum Gasteiger partial charge on any atom is -0.461 e. The number of carbonyl (C=O) groups is 2. The van der Waals surface area contributed by atoms with Crippen molar-refractivity contribution in [3.05, 3.63) is 69.0 Å². The van der Waals surface area contributed by atoms with Gasteiger partial charge in [0.25, 0.3) is 5.56 Å². The standard InChI is InChI=1S/C25H29N3O9/c1-25(2)36-19-17(35-21(20(19)37-25)28-12-10-18(29)26-23(28)31)14-33-22(30)16-9-6-11-27(16)24(32)34-13-15-7-4-3-5-8-15/h3-5,7-8,10,12,16-17,19-21H,6,9,11,13-14H2,1-2H3,(H,26,29,31)/t16-,17+,19-,20+,21-/m0/s1. The number of H-pyrrole nitrogens is 1. The van der Waals surface area contributed by atoms with E-state index in [1.165, 1.54) is 21.7 Å². The van der Waals surface area contributed by atoms with E-state index >= 15 is 0 Å². The quantitative estimate of drug-likeness (QED) is 0.564. The van der Waals surface area contributed by atoms with Crippen LogP contribution in [0, 0.1) is 0 Å². The molecule has 3 aliphatic heterocycles. The van der Waals surface area contributed by atoms with E-state index in [-0.39, 0.29) is 13.2 Å². The number of rotatable bonds is 6. The molecule has 1 N–H and O–H groups in total. The summed E-state index contributed by atoms with van der Waals surface area (Å²) >= 11 is 0. The first-order chi connectivity index (χ1) is 17.7. The molecule has 37 heavy (non-hydrogen) atoms. The summed E-state index contributed by atoms with van der Waals surface area (Å²) in [4.78, 5) is 53.0. The number of aromatic amines is 1. The molecule has 5 rings (SSSR count). The van der Waals surface area contributed by atoms with Crippen LogP contribution < -0.4 is 11.2 Å². The van der Waals surface area contributed by atoms with Crippen molar-refractivity contribution in [3.8, 4) is 0 Å². The highest BCUT2D eigenvalue weighted by Crippen LogP contribution is 2.42. The molecule has 0 bridgehead atoms. The SMILES string of the molecule is CC1(C)O[C@@H]2[C@@H](O1)[C@@H](n1ccc(=O)[nH]c1=O)O[C@@H]2COC(=O)[C@@H]1CCCN1C(=O)OCc1ccccc1. The third-order valence-electron chi connectivity index (χ3n) is 6.60. The van der Waals surface area contributed by atoms with Crippen LogP contribution in [0.1, 0.15) is 38.5 Å². The Morgan fingerprint density at radius 2 is 1.84 bits per heavy atom. The molecule has 12 heteroatoms. The first kappa shape index (κ1) is 25.2. The zero-order valence-electron chi connectivity index (χ0n) is 20.5. The van der Waals surface area contributed by atoms with Gasteiger partial charge in [0.1, 0.15) is 37.6 Å². The minimum absolute atomic E-state index is 0.107. The molecule has 1 amide bonds. The molecule has 12 nitrogen and oxygen atoms in total. The number of benzene rings is 1. The molecule has 0 spiro atoms. The van der Waals surface area contributed by atoms with Gasteiger partial charge < -0.3 is 23.7 Å². The molecule has 0 unspecified atom stereocenters. The first-order valence-electron chi connectivity index (χ1n) is 12.2. The smallest absolute Gasteiger partial charge is 0.410 e. The number of fused-ring (bicyclic) bond motifs is 1. The van der Waals surface area contributed by atoms with Gasteiger partial charge in [-0.3, -0.25) is 19.2 Å². The summed E-state index contributed by atoms with van der Waals surface area (Å²) in [5.41, 5.74) is -0.341. The number of likely N-dealkylation sites (tertiary alicyclic amines) is 1. The number of carbonyl (C=O) groups excluding carboxylic acids is 2. The molecule has 3 fully saturated rings. The molecule has 3 saturated heterocycles. The van der Waals surface area contributed by atoms with Crippen molar-refractivity contribution in [1.29, 1.82) is 0 Å². The Morgan fingerprint density at radius 3 is 2.59 bits per heavy atom. The number of aromatic nitrogens is 2. The maximum atomic E-state index is 13.0. The zero-order chi connectivity index (χ0) is 26.2. The Morgan fingerprint density at radius 1 is 1.08 bits per heavy atom. The van der Waals surface area contributed by atoms with Gasteiger partial charge in [-0.2, -0.15) is 0 Å². The molecular weight excluding hydrogens is 486 g/mol. The van der Waals surface area contributed by atoms with Crippen molar-refractivity contribution >= 4 is 12.1 Å². The van der Waals surface area contributed by atoms with Crippen molar-refractivity contribution in [3.63, 3.8) is 0 Å². The van der Waals surface area contributed by atoms with E-state index in [1.807, 2.05) is 30.3 Å². The van der Waals surface area contributed by atoms with Crippen molar-refractivity contribution in [2.75, 3.05) is 13.2 Å². The largest absolute Gasteiger partial charge is 0.461 e. The lowest BCUT2D eigenvalue weighted by Crippen LogP contribution is -2.43. The van der Waals surface area contributed by atoms with E-state index in [4.69, 9.17) is 23.7 Å². The highest BCUT2D eigenvalue weighted by molar-refractivity contribution is 5.82. The lowest BCUT2D eigenvalue weighted by Gasteiger charge is -2.26. The molecule has 0 radical (unpaired) electrons. The van der Waals surface area contributed by atoms with Gasteiger partial charge in [0.2, 0.25) is 0 Å². The van der Waals surface area contributed by atoms with Crippen LogP contribution in [0.4, 0.5) is 4.79 Å². The number of ether oxygens (including phenoxy) is 5. The summed E-state index contributed by atoms with van der Waals surface area (Å²) in [5, 5.41) is 0. The maximum Gasteiger partial charge on any atom is 0.410 e. The van der Waals surface area contributed by atoms with E-state index in [1.54, 1.807) is 13.8 Å². The summed E-state index contributed by atoms with van der Waals surface area (Å²) in [6.45, 7) is 3.80. The monoisotopic (exact) mass is 515 g/mol. The molecule has 1 aromatic carbocycles. The van der Waals surface area contributed by atoms with Crippen LogP contribution in [0.15, 0.2) is 52.2 Å². The van der Waals surface area contributed by atoms with Crippen LogP contribution >= 0.6 is 0 Å². The van der Waals surface area contributed by atoms with Gasteiger partial charge in [-0.1, -0.05) is 30.3 Å². The van der Waals surface area contributed by atoms with Gasteiger partial charge in [0.15, 0.2) is 12.0 Å². The summed E-state index contributed by atoms with van der Waals surface area (Å²) in [6.07, 6.45) is -1.07. The van der Waals surface area contributed by atoms with Gasteiger partial charge >= 0.3 is 17.8 Å². The van der Waals surface area contributed by atoms with Crippen molar-refractivity contribution in [2.24, 2.45) is 0 Å². The third-order valence-corrected chi connectivity index (χ3v) is 6.60. The van der Waals surface area contributed by atoms with Crippen LogP contribution in [-0.2, 0) is 35.1 Å². The molecular formula is C25H29N3O9. The van der Waals surface area contributed by atoms with Crippen LogP contribution in [0.5, 0.6) is 0 Å². The average Bonchev–Trinajstić information content (AvgIpc) is 3.56. The molecule has 0 aliphatic carbocycles. The molecule has 0 saturated carbocycles. The Bertz CT molecular complexity index is 1260. The van der Waals surface area contributed by atoms with Crippen LogP contribution in [-0.4, -0.2) is 69.8 Å². The lowest BCUT2D eigenvalue weighted by molar-refractivity contribution is -0.203. The van der Waals surface area contributed by atoms with Gasteiger partial charge in [0.05, 0.1) is 0 Å². The molecule has 2 aromatic rings. The highest BCUT2D eigenvalue weighted by Gasteiger charge is 2.56. The van der Waals surface area contributed by atoms with Gasteiger partial charge in [-0.05, 0) is 32.3 Å². The zero-order valence-corrected chi connectivity index (χ0v) is 20.5. The van der Waals surface area contributed by atoms with E-state index in [0.29, 0.717) is 19.4 Å². The Balaban J connectivity index is 1.22. The highest BCUT2D eigenvalue weighted by atomic mass is 16.8. The Hall–Kier alpha value is -3.48. The molecule has 1 aromatic heterocycles. The Labute approximate surface area is 212 Å². The number of nitrogens with one attached hydrogen (secondary N) is 1. The maximum absolute atomic E-state index is 13.0. The predicted octanol–water partition coefficient (Wildman–Crippen LogP) is 1.30. The minimum atomic E-state index is -0.948. The van der Waals surface area contributed by atoms with E-state index in [0.717, 1.165) is 5.56 Å². The molecule has 5 atom stereocenters. The normalized spacial score (nSPS) is 28.2. The fraction of sp³-hybridized carbons (Fsp3) is 0.520. The fourth-order valence-electron chi connectivity index (χ4n) is 4.94. The van der Waals surface area contributed by atoms with Crippen molar-refractivity contribution in [1.82, 2.24) is 14.5 Å².